The van der Waals surface area contributed by atoms with Crippen LogP contribution in [0.2, 0.25) is 0 Å². The van der Waals surface area contributed by atoms with E-state index in [0.717, 1.165) is 56.1 Å². The van der Waals surface area contributed by atoms with Crippen molar-refractivity contribution in [1.82, 2.24) is 20.0 Å². The van der Waals surface area contributed by atoms with E-state index in [2.05, 4.69) is 51.8 Å². The second-order valence-corrected chi connectivity index (χ2v) is 7.05. The van der Waals surface area contributed by atoms with Crippen molar-refractivity contribution in [2.24, 2.45) is 16.8 Å². The number of hydrogen-bond donors (Lipinski definition) is 1. The fourth-order valence-electron chi connectivity index (χ4n) is 3.98. The lowest BCUT2D eigenvalue weighted by Gasteiger charge is -2.24. The molecule has 1 aromatic heterocycles. The highest BCUT2D eigenvalue weighted by Crippen LogP contribution is 2.28. The Balaban J connectivity index is 0.00000312. The minimum Gasteiger partial charge on any atom is -0.356 e. The van der Waals surface area contributed by atoms with Gasteiger partial charge in [-0.3, -0.25) is 9.67 Å². The lowest BCUT2D eigenvalue weighted by atomic mass is 9.87. The first kappa shape index (κ1) is 22.3. The average molecular weight is 461 g/mol. The molecule has 0 radical (unpaired) electrons. The molecule has 144 valence electrons. The number of aromatic nitrogens is 2. The highest BCUT2D eigenvalue weighted by Gasteiger charge is 2.29. The number of guanidine groups is 1. The summed E-state index contributed by atoms with van der Waals surface area (Å²) >= 11 is 0. The number of halogens is 1. The van der Waals surface area contributed by atoms with E-state index in [1.165, 1.54) is 25.0 Å². The van der Waals surface area contributed by atoms with Crippen LogP contribution in [0.4, 0.5) is 0 Å². The predicted octanol–water partition coefficient (Wildman–Crippen LogP) is 3.84. The summed E-state index contributed by atoms with van der Waals surface area (Å²) in [5.74, 6) is 2.75. The first-order chi connectivity index (χ1) is 11.6. The normalized spacial score (nSPS) is 17.9. The second-order valence-electron chi connectivity index (χ2n) is 7.05. The van der Waals surface area contributed by atoms with Crippen LogP contribution in [-0.4, -0.2) is 47.3 Å². The van der Waals surface area contributed by atoms with Gasteiger partial charge in [-0.05, 0) is 44.6 Å². The summed E-state index contributed by atoms with van der Waals surface area (Å²) in [5.41, 5.74) is 2.34. The van der Waals surface area contributed by atoms with Gasteiger partial charge in [0.25, 0.3) is 0 Å². The van der Waals surface area contributed by atoms with Crippen LogP contribution in [0.1, 0.15) is 50.9 Å². The van der Waals surface area contributed by atoms with Crippen molar-refractivity contribution in [3.8, 4) is 0 Å². The minimum absolute atomic E-state index is 0. The standard InChI is InChI=1S/C19H35N5.HI/c1-6-17(7-2)18-9-12-23(14-18)19(20-5)21-10-8-11-24-16(4)13-15(3)22-24;/h13,17-18H,6-12,14H2,1-5H3,(H,20,21);1H. The van der Waals surface area contributed by atoms with Gasteiger partial charge in [0.1, 0.15) is 0 Å². The first-order valence-corrected chi connectivity index (χ1v) is 9.55. The highest BCUT2D eigenvalue weighted by molar-refractivity contribution is 14.0. The summed E-state index contributed by atoms with van der Waals surface area (Å²) < 4.78 is 2.10. The molecule has 6 heteroatoms. The third-order valence-corrected chi connectivity index (χ3v) is 5.38. The zero-order valence-electron chi connectivity index (χ0n) is 16.6. The molecule has 1 fully saturated rings. The molecule has 0 aromatic carbocycles. The summed E-state index contributed by atoms with van der Waals surface area (Å²) in [6.45, 7) is 13.0. The number of rotatable bonds is 7. The molecule has 1 N–H and O–H groups in total. The topological polar surface area (TPSA) is 45.5 Å². The molecule has 0 aliphatic carbocycles. The fourth-order valence-corrected chi connectivity index (χ4v) is 3.98. The quantitative estimate of drug-likeness (QED) is 0.291. The summed E-state index contributed by atoms with van der Waals surface area (Å²) in [6, 6.07) is 2.13. The first-order valence-electron chi connectivity index (χ1n) is 9.55. The van der Waals surface area contributed by atoms with Crippen LogP contribution in [0.25, 0.3) is 0 Å². The lowest BCUT2D eigenvalue weighted by Crippen LogP contribution is -2.41. The molecule has 0 bridgehead atoms. The third-order valence-electron chi connectivity index (χ3n) is 5.38. The van der Waals surface area contributed by atoms with Gasteiger partial charge in [-0.2, -0.15) is 5.10 Å². The van der Waals surface area contributed by atoms with Crippen molar-refractivity contribution in [2.75, 3.05) is 26.7 Å². The zero-order chi connectivity index (χ0) is 17.5. The van der Waals surface area contributed by atoms with Crippen molar-refractivity contribution in [3.05, 3.63) is 17.5 Å². The van der Waals surface area contributed by atoms with Gasteiger partial charge in [0.15, 0.2) is 5.96 Å². The minimum atomic E-state index is 0. The van der Waals surface area contributed by atoms with Crippen LogP contribution < -0.4 is 5.32 Å². The molecule has 5 nitrogen and oxygen atoms in total. The Kier molecular flexibility index (Phi) is 9.82. The smallest absolute Gasteiger partial charge is 0.193 e. The Labute approximate surface area is 170 Å². The SMILES string of the molecule is CCC(CC)C1CCN(C(=NC)NCCCn2nc(C)cc2C)C1.I. The second kappa shape index (κ2) is 11.0. The summed E-state index contributed by atoms with van der Waals surface area (Å²) in [5, 5.41) is 8.06. The Morgan fingerprint density at radius 3 is 2.64 bits per heavy atom. The van der Waals surface area contributed by atoms with Gasteiger partial charge in [-0.15, -0.1) is 24.0 Å². The Morgan fingerprint density at radius 1 is 1.36 bits per heavy atom. The molecule has 1 saturated heterocycles. The van der Waals surface area contributed by atoms with E-state index in [4.69, 9.17) is 0 Å². The van der Waals surface area contributed by atoms with Gasteiger partial charge < -0.3 is 10.2 Å². The third kappa shape index (κ3) is 6.15. The number of nitrogens with one attached hydrogen (secondary N) is 1. The molecule has 1 aliphatic heterocycles. The number of nitrogens with zero attached hydrogens (tertiary/aromatic N) is 4. The lowest BCUT2D eigenvalue weighted by molar-refractivity contribution is 0.319. The van der Waals surface area contributed by atoms with Gasteiger partial charge in [-0.1, -0.05) is 26.7 Å². The van der Waals surface area contributed by atoms with Gasteiger partial charge in [-0.25, -0.2) is 0 Å². The van der Waals surface area contributed by atoms with Crippen molar-refractivity contribution >= 4 is 29.9 Å². The van der Waals surface area contributed by atoms with Gasteiger partial charge in [0, 0.05) is 38.9 Å². The van der Waals surface area contributed by atoms with Crippen LogP contribution in [0.5, 0.6) is 0 Å². The van der Waals surface area contributed by atoms with E-state index in [9.17, 15) is 0 Å². The Bertz CT molecular complexity index is 536. The molecule has 2 heterocycles. The molecule has 0 saturated carbocycles. The molecule has 0 spiro atoms. The Morgan fingerprint density at radius 2 is 2.08 bits per heavy atom. The maximum Gasteiger partial charge on any atom is 0.193 e. The summed E-state index contributed by atoms with van der Waals surface area (Å²) in [7, 11) is 1.90. The van der Waals surface area contributed by atoms with Crippen LogP contribution in [0.15, 0.2) is 11.1 Å². The van der Waals surface area contributed by atoms with Gasteiger partial charge >= 0.3 is 0 Å². The van der Waals surface area contributed by atoms with E-state index in [0.29, 0.717) is 0 Å². The molecular weight excluding hydrogens is 425 g/mol. The molecule has 2 rings (SSSR count). The molecule has 1 aromatic rings. The van der Waals surface area contributed by atoms with E-state index in [-0.39, 0.29) is 24.0 Å². The van der Waals surface area contributed by atoms with E-state index in [1.807, 2.05) is 14.0 Å². The van der Waals surface area contributed by atoms with Crippen LogP contribution >= 0.6 is 24.0 Å². The number of aliphatic imine (C=N–C) groups is 1. The molecule has 0 amide bonds. The highest BCUT2D eigenvalue weighted by atomic mass is 127. The van der Waals surface area contributed by atoms with E-state index in [1.54, 1.807) is 0 Å². The van der Waals surface area contributed by atoms with Crippen LogP contribution in [-0.2, 0) is 6.54 Å². The molecule has 1 aliphatic rings. The van der Waals surface area contributed by atoms with Crippen LogP contribution in [0, 0.1) is 25.7 Å². The summed E-state index contributed by atoms with van der Waals surface area (Å²) in [4.78, 5) is 6.93. The van der Waals surface area contributed by atoms with E-state index >= 15 is 0 Å². The Hall–Kier alpha value is -0.790. The van der Waals surface area contributed by atoms with Crippen molar-refractivity contribution in [3.63, 3.8) is 0 Å². The zero-order valence-corrected chi connectivity index (χ0v) is 18.9. The van der Waals surface area contributed by atoms with Crippen molar-refractivity contribution in [2.45, 2.75) is 59.9 Å². The average Bonchev–Trinajstić information content (AvgIpc) is 3.16. The molecular formula is C19H36IN5. The summed E-state index contributed by atoms with van der Waals surface area (Å²) in [6.07, 6.45) is 4.96. The van der Waals surface area contributed by atoms with Crippen LogP contribution in [0.3, 0.4) is 0 Å². The number of aryl methyl sites for hydroxylation is 3. The number of likely N-dealkylation sites (tertiary alicyclic amines) is 1. The predicted molar refractivity (Wildman–Crippen MR) is 117 cm³/mol. The molecule has 1 atom stereocenters. The largest absolute Gasteiger partial charge is 0.356 e. The monoisotopic (exact) mass is 461 g/mol. The molecule has 25 heavy (non-hydrogen) atoms. The maximum absolute atomic E-state index is 4.52. The maximum atomic E-state index is 4.52. The molecule has 1 unspecified atom stereocenters. The van der Waals surface area contributed by atoms with E-state index < -0.39 is 0 Å². The van der Waals surface area contributed by atoms with Gasteiger partial charge in [0.05, 0.1) is 5.69 Å². The number of hydrogen-bond acceptors (Lipinski definition) is 2. The fraction of sp³-hybridized carbons (Fsp3) is 0.789. The van der Waals surface area contributed by atoms with Gasteiger partial charge in [0.2, 0.25) is 0 Å². The van der Waals surface area contributed by atoms with Crippen molar-refractivity contribution < 1.29 is 0 Å². The van der Waals surface area contributed by atoms with Crippen molar-refractivity contribution in [1.29, 1.82) is 0 Å².